The van der Waals surface area contributed by atoms with E-state index in [2.05, 4.69) is 0 Å². The Morgan fingerprint density at radius 1 is 1.15 bits per heavy atom. The number of aryl methyl sites for hydroxylation is 1. The van der Waals surface area contributed by atoms with Crippen LogP contribution in [0.1, 0.15) is 17.5 Å². The minimum absolute atomic E-state index is 0.0756. The highest BCUT2D eigenvalue weighted by Crippen LogP contribution is 2.36. The molecule has 3 rings (SSSR count). The van der Waals surface area contributed by atoms with Crippen LogP contribution in [0.5, 0.6) is 5.75 Å². The van der Waals surface area contributed by atoms with Crippen LogP contribution in [0.2, 0.25) is 0 Å². The van der Waals surface area contributed by atoms with Crippen LogP contribution in [-0.4, -0.2) is 28.8 Å². The fraction of sp³-hybridized carbons (Fsp3) is 0.150. The smallest absolute Gasteiger partial charge is 0.306 e. The molecule has 2 aromatic carbocycles. The molecule has 27 heavy (non-hydrogen) atoms. The van der Waals surface area contributed by atoms with Gasteiger partial charge in [0.1, 0.15) is 5.75 Å². The van der Waals surface area contributed by atoms with Crippen molar-refractivity contribution in [1.29, 1.82) is 0 Å². The normalized spacial score (nSPS) is 15.4. The lowest BCUT2D eigenvalue weighted by atomic mass is 10.1. The molecule has 1 N–H and O–H groups in total. The molecule has 2 amide bonds. The largest absolute Gasteiger partial charge is 0.493 e. The summed E-state index contributed by atoms with van der Waals surface area (Å²) < 4.78 is 5.33. The number of para-hydroxylation sites is 1. The number of benzene rings is 2. The summed E-state index contributed by atoms with van der Waals surface area (Å²) in [5, 5.41) is 8.28. The van der Waals surface area contributed by atoms with E-state index < -0.39 is 5.97 Å². The predicted molar refractivity (Wildman–Crippen MR) is 104 cm³/mol. The van der Waals surface area contributed by atoms with E-state index >= 15 is 0 Å². The average Bonchev–Trinajstić information content (AvgIpc) is 2.90. The Morgan fingerprint density at radius 3 is 2.52 bits per heavy atom. The van der Waals surface area contributed by atoms with Crippen molar-refractivity contribution in [2.75, 3.05) is 11.5 Å². The second-order valence-corrected chi connectivity index (χ2v) is 6.86. The molecule has 1 saturated heterocycles. The van der Waals surface area contributed by atoms with E-state index in [4.69, 9.17) is 9.84 Å². The highest BCUT2D eigenvalue weighted by atomic mass is 32.2. The molecule has 0 bridgehead atoms. The van der Waals surface area contributed by atoms with Crippen LogP contribution in [0.25, 0.3) is 6.08 Å². The van der Waals surface area contributed by atoms with Gasteiger partial charge in [0.2, 0.25) is 0 Å². The Bertz CT molecular complexity index is 920. The van der Waals surface area contributed by atoms with Gasteiger partial charge in [-0.2, -0.15) is 0 Å². The Kier molecular flexibility index (Phi) is 5.61. The van der Waals surface area contributed by atoms with E-state index in [9.17, 15) is 14.4 Å². The average molecular weight is 383 g/mol. The summed E-state index contributed by atoms with van der Waals surface area (Å²) in [4.78, 5) is 37.0. The first-order valence-electron chi connectivity index (χ1n) is 8.24. The highest BCUT2D eigenvalue weighted by Gasteiger charge is 2.36. The van der Waals surface area contributed by atoms with Crippen molar-refractivity contribution in [3.8, 4) is 5.75 Å². The Hall–Kier alpha value is -3.06. The zero-order valence-electron chi connectivity index (χ0n) is 14.5. The molecule has 0 aliphatic carbocycles. The van der Waals surface area contributed by atoms with Gasteiger partial charge in [0.25, 0.3) is 11.1 Å². The van der Waals surface area contributed by atoms with Gasteiger partial charge in [-0.3, -0.25) is 14.4 Å². The molecule has 0 spiro atoms. The quantitative estimate of drug-likeness (QED) is 0.757. The number of thioether (sulfide) groups is 1. The van der Waals surface area contributed by atoms with Gasteiger partial charge in [0.05, 0.1) is 23.6 Å². The second-order valence-electron chi connectivity index (χ2n) is 5.86. The van der Waals surface area contributed by atoms with Crippen LogP contribution in [0.3, 0.4) is 0 Å². The Morgan fingerprint density at radius 2 is 1.85 bits per heavy atom. The minimum atomic E-state index is -0.920. The molecule has 0 aromatic heterocycles. The minimum Gasteiger partial charge on any atom is -0.493 e. The lowest BCUT2D eigenvalue weighted by Gasteiger charge is -2.14. The van der Waals surface area contributed by atoms with Crippen LogP contribution in [-0.2, 0) is 9.59 Å². The summed E-state index contributed by atoms with van der Waals surface area (Å²) in [6, 6.07) is 14.1. The number of rotatable bonds is 6. The lowest BCUT2D eigenvalue weighted by Crippen LogP contribution is -2.28. The Balaban J connectivity index is 1.74. The number of carboxylic acid groups (broad SMARTS) is 1. The van der Waals surface area contributed by atoms with Gasteiger partial charge in [0, 0.05) is 0 Å². The van der Waals surface area contributed by atoms with E-state index in [1.165, 1.54) is 4.90 Å². The third kappa shape index (κ3) is 4.38. The molecule has 1 fully saturated rings. The summed E-state index contributed by atoms with van der Waals surface area (Å²) in [5.41, 5.74) is 2.19. The van der Waals surface area contributed by atoms with Crippen LogP contribution in [0.15, 0.2) is 53.4 Å². The number of ether oxygens (including phenoxy) is 1. The van der Waals surface area contributed by atoms with E-state index in [0.717, 1.165) is 22.9 Å². The van der Waals surface area contributed by atoms with Crippen molar-refractivity contribution < 1.29 is 24.2 Å². The summed E-state index contributed by atoms with van der Waals surface area (Å²) >= 11 is 0.903. The van der Waals surface area contributed by atoms with Crippen molar-refractivity contribution in [3.05, 3.63) is 64.6 Å². The number of carbonyl (C=O) groups is 3. The maximum absolute atomic E-state index is 12.7. The maximum Gasteiger partial charge on any atom is 0.306 e. The van der Waals surface area contributed by atoms with Gasteiger partial charge in [0.15, 0.2) is 0 Å². The molecule has 1 heterocycles. The number of hydrogen-bond acceptors (Lipinski definition) is 5. The van der Waals surface area contributed by atoms with Crippen molar-refractivity contribution >= 4 is 40.6 Å². The Labute approximate surface area is 160 Å². The van der Waals surface area contributed by atoms with E-state index in [-0.39, 0.29) is 24.2 Å². The van der Waals surface area contributed by atoms with Gasteiger partial charge in [-0.15, -0.1) is 0 Å². The fourth-order valence-corrected chi connectivity index (χ4v) is 3.39. The van der Waals surface area contributed by atoms with E-state index in [0.29, 0.717) is 16.3 Å². The molecule has 1 aliphatic rings. The van der Waals surface area contributed by atoms with Crippen LogP contribution < -0.4 is 9.64 Å². The van der Waals surface area contributed by atoms with E-state index in [1.54, 1.807) is 42.5 Å². The van der Waals surface area contributed by atoms with Gasteiger partial charge < -0.3 is 9.84 Å². The number of imide groups is 1. The molecule has 0 atom stereocenters. The molecule has 2 aromatic rings. The first-order chi connectivity index (χ1) is 13.0. The molecule has 0 unspecified atom stereocenters. The second kappa shape index (κ2) is 8.09. The number of hydrogen-bond donors (Lipinski definition) is 1. The fourth-order valence-electron chi connectivity index (χ4n) is 2.56. The standard InChI is InChI=1S/C20H17NO5S/c1-13-4-2-3-5-16(13)21-19(24)17(27-20(21)25)12-14-6-8-15(9-7-14)26-11-10-18(22)23/h2-9,12H,10-11H2,1H3,(H,22,23)/b17-12+. The van der Waals surface area contributed by atoms with Crippen LogP contribution >= 0.6 is 11.8 Å². The number of amides is 2. The van der Waals surface area contributed by atoms with Gasteiger partial charge in [-0.25, -0.2) is 4.90 Å². The van der Waals surface area contributed by atoms with Crippen molar-refractivity contribution in [2.24, 2.45) is 0 Å². The number of carboxylic acids is 1. The molecule has 0 saturated carbocycles. The zero-order valence-corrected chi connectivity index (χ0v) is 15.4. The molecular formula is C20H17NO5S. The van der Waals surface area contributed by atoms with Crippen molar-refractivity contribution in [3.63, 3.8) is 0 Å². The summed E-state index contributed by atoms with van der Waals surface area (Å²) in [6.07, 6.45) is 1.58. The SMILES string of the molecule is Cc1ccccc1N1C(=O)S/C(=C/c2ccc(OCCC(=O)O)cc2)C1=O. The van der Waals surface area contributed by atoms with Gasteiger partial charge in [-0.05, 0) is 54.1 Å². The van der Waals surface area contributed by atoms with Gasteiger partial charge >= 0.3 is 5.97 Å². The first kappa shape index (κ1) is 18.7. The molecule has 6 nitrogen and oxygen atoms in total. The number of nitrogens with zero attached hydrogens (tertiary/aromatic N) is 1. The summed E-state index contributed by atoms with van der Waals surface area (Å²) in [5.74, 6) is -0.724. The molecule has 138 valence electrons. The molecule has 1 aliphatic heterocycles. The third-order valence-corrected chi connectivity index (χ3v) is 4.78. The topological polar surface area (TPSA) is 83.9 Å². The highest BCUT2D eigenvalue weighted by molar-refractivity contribution is 8.19. The summed E-state index contributed by atoms with van der Waals surface area (Å²) in [6.45, 7) is 1.94. The van der Waals surface area contributed by atoms with E-state index in [1.807, 2.05) is 19.1 Å². The van der Waals surface area contributed by atoms with Crippen LogP contribution in [0.4, 0.5) is 10.5 Å². The monoisotopic (exact) mass is 383 g/mol. The molecule has 7 heteroatoms. The van der Waals surface area contributed by atoms with Crippen molar-refractivity contribution in [2.45, 2.75) is 13.3 Å². The van der Waals surface area contributed by atoms with Crippen LogP contribution in [0, 0.1) is 6.92 Å². The lowest BCUT2D eigenvalue weighted by molar-refractivity contribution is -0.137. The van der Waals surface area contributed by atoms with Gasteiger partial charge in [-0.1, -0.05) is 30.3 Å². The zero-order chi connectivity index (χ0) is 19.4. The maximum atomic E-state index is 12.7. The molecular weight excluding hydrogens is 366 g/mol. The number of aliphatic carboxylic acids is 1. The third-order valence-electron chi connectivity index (χ3n) is 3.91. The summed E-state index contributed by atoms with van der Waals surface area (Å²) in [7, 11) is 0. The number of carbonyl (C=O) groups excluding carboxylic acids is 2. The predicted octanol–water partition coefficient (Wildman–Crippen LogP) is 4.09. The molecule has 0 radical (unpaired) electrons. The first-order valence-corrected chi connectivity index (χ1v) is 9.05. The number of anilines is 1. The van der Waals surface area contributed by atoms with Crippen molar-refractivity contribution in [1.82, 2.24) is 0 Å².